The maximum atomic E-state index is 12.5. The second-order valence-electron chi connectivity index (χ2n) is 11.6. The summed E-state index contributed by atoms with van der Waals surface area (Å²) in [5.74, 6) is -1.85. The molecule has 11 heteroatoms. The van der Waals surface area contributed by atoms with Crippen molar-refractivity contribution in [3.8, 4) is 0 Å². The summed E-state index contributed by atoms with van der Waals surface area (Å²) in [6, 6.07) is -1.48. The van der Waals surface area contributed by atoms with Gasteiger partial charge in [-0.05, 0) is 51.4 Å². The first-order valence-electron chi connectivity index (χ1n) is 17.8. The van der Waals surface area contributed by atoms with E-state index in [0.29, 0.717) is 19.4 Å². The zero-order chi connectivity index (χ0) is 35.6. The molecule has 0 aliphatic carbocycles. The van der Waals surface area contributed by atoms with Crippen LogP contribution in [0.25, 0.3) is 0 Å². The number of unbranched alkanes of at least 4 members (excludes halogenated alkanes) is 9. The standard InChI is InChI=1S/C37H64NO9P/c1-3-5-7-9-11-13-14-15-16-17-18-19-20-21-23-25-27-29-36(39)47-34(32-45-48(42,43)46-33-35(38)37(40)41)31-44-30-28-26-24-22-12-10-8-6-4-2/h5,7,11,13,15-16,18-19,21,23,34-35H,3-4,6,8-10,12,14,17,20,22,24-33,38H2,1-2H3,(H,40,41)(H,42,43)/b7-5-,13-11-,16-15-,19-18-,23-21-. The molecular weight excluding hydrogens is 633 g/mol. The molecule has 0 fully saturated rings. The van der Waals surface area contributed by atoms with Crippen LogP contribution in [0.1, 0.15) is 123 Å². The summed E-state index contributed by atoms with van der Waals surface area (Å²) in [7, 11) is -4.62. The second kappa shape index (κ2) is 33.2. The van der Waals surface area contributed by atoms with Gasteiger partial charge in [0, 0.05) is 13.0 Å². The number of phosphoric ester groups is 1. The van der Waals surface area contributed by atoms with Crippen LogP contribution in [0.4, 0.5) is 0 Å². The minimum absolute atomic E-state index is 0.00777. The molecule has 3 atom stereocenters. The van der Waals surface area contributed by atoms with E-state index in [4.69, 9.17) is 24.8 Å². The summed E-state index contributed by atoms with van der Waals surface area (Å²) >= 11 is 0. The number of ether oxygens (including phenoxy) is 2. The van der Waals surface area contributed by atoms with Crippen molar-refractivity contribution in [3.63, 3.8) is 0 Å². The van der Waals surface area contributed by atoms with Gasteiger partial charge in [-0.1, -0.05) is 126 Å². The highest BCUT2D eigenvalue weighted by atomic mass is 31.2. The summed E-state index contributed by atoms with van der Waals surface area (Å²) in [6.45, 7) is 3.64. The Morgan fingerprint density at radius 1 is 0.688 bits per heavy atom. The minimum Gasteiger partial charge on any atom is -0.480 e. The van der Waals surface area contributed by atoms with Crippen molar-refractivity contribution in [2.24, 2.45) is 5.73 Å². The van der Waals surface area contributed by atoms with Crippen LogP contribution in [0.15, 0.2) is 60.8 Å². The third-order valence-corrected chi connectivity index (χ3v) is 8.01. The third kappa shape index (κ3) is 32.2. The Hall–Kier alpha value is -2.33. The molecular formula is C37H64NO9P. The number of hydrogen-bond acceptors (Lipinski definition) is 8. The molecule has 4 N–H and O–H groups in total. The molecule has 0 saturated heterocycles. The number of rotatable bonds is 33. The Labute approximate surface area is 290 Å². The topological polar surface area (TPSA) is 155 Å². The maximum absolute atomic E-state index is 12.5. The molecule has 276 valence electrons. The molecule has 0 aromatic heterocycles. The van der Waals surface area contributed by atoms with Crippen LogP contribution in [0, 0.1) is 0 Å². The lowest BCUT2D eigenvalue weighted by Crippen LogP contribution is -2.34. The molecule has 3 unspecified atom stereocenters. The molecule has 0 saturated carbocycles. The quantitative estimate of drug-likeness (QED) is 0.0262. The number of phosphoric acid groups is 1. The molecule has 48 heavy (non-hydrogen) atoms. The van der Waals surface area contributed by atoms with Crippen LogP contribution in [0.2, 0.25) is 0 Å². The highest BCUT2D eigenvalue weighted by molar-refractivity contribution is 7.47. The van der Waals surface area contributed by atoms with Gasteiger partial charge in [-0.2, -0.15) is 0 Å². The first kappa shape index (κ1) is 45.7. The zero-order valence-corrected chi connectivity index (χ0v) is 30.4. The zero-order valence-electron chi connectivity index (χ0n) is 29.6. The van der Waals surface area contributed by atoms with Crippen LogP contribution in [0.3, 0.4) is 0 Å². The second-order valence-corrected chi connectivity index (χ2v) is 13.1. The van der Waals surface area contributed by atoms with Crippen molar-refractivity contribution < 1.29 is 42.7 Å². The fraction of sp³-hybridized carbons (Fsp3) is 0.676. The van der Waals surface area contributed by atoms with Crippen molar-refractivity contribution in [1.82, 2.24) is 0 Å². The van der Waals surface area contributed by atoms with Crippen LogP contribution in [-0.4, -0.2) is 60.5 Å². The van der Waals surface area contributed by atoms with Crippen LogP contribution >= 0.6 is 7.82 Å². The van der Waals surface area contributed by atoms with Gasteiger partial charge in [-0.3, -0.25) is 18.6 Å². The van der Waals surface area contributed by atoms with Gasteiger partial charge in [0.15, 0.2) is 0 Å². The molecule has 0 heterocycles. The minimum atomic E-state index is -4.62. The predicted octanol–water partition coefficient (Wildman–Crippen LogP) is 8.91. The Bertz CT molecular complexity index is 993. The van der Waals surface area contributed by atoms with Gasteiger partial charge in [0.1, 0.15) is 12.1 Å². The van der Waals surface area contributed by atoms with Crippen molar-refractivity contribution in [2.45, 2.75) is 135 Å². The number of carboxylic acid groups (broad SMARTS) is 1. The van der Waals surface area contributed by atoms with Gasteiger partial charge >= 0.3 is 19.8 Å². The van der Waals surface area contributed by atoms with E-state index in [-0.39, 0.29) is 13.0 Å². The first-order chi connectivity index (χ1) is 23.2. The number of nitrogens with two attached hydrogens (primary N) is 1. The van der Waals surface area contributed by atoms with Gasteiger partial charge in [-0.15, -0.1) is 0 Å². The molecule has 0 amide bonds. The largest absolute Gasteiger partial charge is 0.480 e. The number of aliphatic carboxylic acids is 1. The number of carboxylic acids is 1. The van der Waals surface area contributed by atoms with E-state index in [1.165, 1.54) is 38.5 Å². The number of carbonyl (C=O) groups is 2. The van der Waals surface area contributed by atoms with Crippen LogP contribution in [-0.2, 0) is 32.7 Å². The SMILES string of the molecule is CC/C=C\C/C=C\C/C=C\C/C=C\C/C=C\CCCC(=O)OC(COCCCCCCCCCCC)COP(=O)(O)OCC(N)C(=O)O. The van der Waals surface area contributed by atoms with E-state index in [1.54, 1.807) is 0 Å². The third-order valence-electron chi connectivity index (χ3n) is 7.06. The highest BCUT2D eigenvalue weighted by Crippen LogP contribution is 2.43. The Morgan fingerprint density at radius 3 is 1.73 bits per heavy atom. The van der Waals surface area contributed by atoms with E-state index < -0.39 is 45.1 Å². The summed E-state index contributed by atoms with van der Waals surface area (Å²) in [5, 5.41) is 8.84. The van der Waals surface area contributed by atoms with Crippen molar-refractivity contribution in [3.05, 3.63) is 60.8 Å². The molecule has 0 spiro atoms. The number of hydrogen-bond donors (Lipinski definition) is 3. The fourth-order valence-corrected chi connectivity index (χ4v) is 5.06. The van der Waals surface area contributed by atoms with Gasteiger partial charge < -0.3 is 25.2 Å². The molecule has 0 aliphatic rings. The summed E-state index contributed by atoms with van der Waals surface area (Å²) in [6.07, 6.45) is 37.2. The number of esters is 1. The highest BCUT2D eigenvalue weighted by Gasteiger charge is 2.27. The van der Waals surface area contributed by atoms with Gasteiger partial charge in [-0.25, -0.2) is 4.57 Å². The molecule has 0 aromatic carbocycles. The van der Waals surface area contributed by atoms with E-state index >= 15 is 0 Å². The summed E-state index contributed by atoms with van der Waals surface area (Å²) in [5.41, 5.74) is 5.32. The van der Waals surface area contributed by atoms with Gasteiger partial charge in [0.25, 0.3) is 0 Å². The fourth-order valence-electron chi connectivity index (χ4n) is 4.28. The number of allylic oxidation sites excluding steroid dienone is 10. The van der Waals surface area contributed by atoms with Crippen molar-refractivity contribution in [2.75, 3.05) is 26.4 Å². The molecule has 0 aromatic rings. The normalized spacial score (nSPS) is 14.9. The molecule has 0 aliphatic heterocycles. The van der Waals surface area contributed by atoms with E-state index in [1.807, 2.05) is 6.08 Å². The van der Waals surface area contributed by atoms with Crippen LogP contribution < -0.4 is 5.73 Å². The summed E-state index contributed by atoms with van der Waals surface area (Å²) < 4.78 is 33.0. The number of carbonyl (C=O) groups excluding carboxylic acids is 1. The van der Waals surface area contributed by atoms with Gasteiger partial charge in [0.05, 0.1) is 19.8 Å². The average Bonchev–Trinajstić information content (AvgIpc) is 3.06. The molecule has 10 nitrogen and oxygen atoms in total. The average molecular weight is 698 g/mol. The summed E-state index contributed by atoms with van der Waals surface area (Å²) in [4.78, 5) is 33.3. The first-order valence-corrected chi connectivity index (χ1v) is 19.3. The van der Waals surface area contributed by atoms with E-state index in [2.05, 4.69) is 73.1 Å². The van der Waals surface area contributed by atoms with Gasteiger partial charge in [0.2, 0.25) is 0 Å². The lowest BCUT2D eigenvalue weighted by atomic mass is 10.1. The molecule has 0 rings (SSSR count). The van der Waals surface area contributed by atoms with E-state index in [9.17, 15) is 19.0 Å². The Kier molecular flexibility index (Phi) is 31.6. The smallest absolute Gasteiger partial charge is 0.472 e. The van der Waals surface area contributed by atoms with Crippen molar-refractivity contribution >= 4 is 19.8 Å². The maximum Gasteiger partial charge on any atom is 0.472 e. The molecule has 0 radical (unpaired) electrons. The van der Waals surface area contributed by atoms with E-state index in [0.717, 1.165) is 51.4 Å². The predicted molar refractivity (Wildman–Crippen MR) is 194 cm³/mol. The Balaban J connectivity index is 4.44. The Morgan fingerprint density at radius 2 is 1.19 bits per heavy atom. The lowest BCUT2D eigenvalue weighted by molar-refractivity contribution is -0.154. The van der Waals surface area contributed by atoms with Crippen LogP contribution in [0.5, 0.6) is 0 Å². The van der Waals surface area contributed by atoms with Crippen molar-refractivity contribution in [1.29, 1.82) is 0 Å². The molecule has 0 bridgehead atoms. The lowest BCUT2D eigenvalue weighted by Gasteiger charge is -2.20. The monoisotopic (exact) mass is 697 g/mol.